The Balaban J connectivity index is 3.02. The Bertz CT molecular complexity index is 499. The predicted octanol–water partition coefficient (Wildman–Crippen LogP) is -0.106. The lowest BCUT2D eigenvalue weighted by Crippen LogP contribution is -2.14. The number of aromatic nitrogens is 4. The van der Waals surface area contributed by atoms with Crippen LogP contribution in [0.2, 0.25) is 0 Å². The van der Waals surface area contributed by atoms with Crippen LogP contribution >= 0.6 is 0 Å². The van der Waals surface area contributed by atoms with Gasteiger partial charge in [0.25, 0.3) is 0 Å². The summed E-state index contributed by atoms with van der Waals surface area (Å²) in [7, 11) is 3.57. The van der Waals surface area contributed by atoms with Gasteiger partial charge in [0.15, 0.2) is 16.7 Å². The van der Waals surface area contributed by atoms with Crippen molar-refractivity contribution >= 4 is 11.2 Å². The third-order valence-electron chi connectivity index (χ3n) is 1.79. The minimum Gasteiger partial charge on any atom is -0.318 e. The molecule has 13 heavy (non-hydrogen) atoms. The average molecular weight is 175 g/mol. The van der Waals surface area contributed by atoms with Crippen LogP contribution in [0.4, 0.5) is 0 Å². The summed E-state index contributed by atoms with van der Waals surface area (Å²) >= 11 is 0. The number of hydrogen-bond acceptors (Lipinski definition) is 4. The Labute approximate surface area is 74.8 Å². The lowest BCUT2D eigenvalue weighted by atomic mass is 10.5. The second-order valence-corrected chi connectivity index (χ2v) is 2.63. The van der Waals surface area contributed by atoms with Crippen LogP contribution in [0.5, 0.6) is 0 Å². The lowest BCUT2D eigenvalue weighted by molar-refractivity contribution is 0.868. The van der Waals surface area contributed by atoms with E-state index in [9.17, 15) is 0 Å². The van der Waals surface area contributed by atoms with E-state index in [2.05, 4.69) is 19.9 Å². The van der Waals surface area contributed by atoms with Gasteiger partial charge in [0.1, 0.15) is 0 Å². The molecule has 2 aromatic heterocycles. The third kappa shape index (κ3) is 1.18. The van der Waals surface area contributed by atoms with E-state index in [4.69, 9.17) is 0 Å². The zero-order chi connectivity index (χ0) is 9.26. The van der Waals surface area contributed by atoms with E-state index in [0.29, 0.717) is 5.49 Å². The van der Waals surface area contributed by atoms with Crippen molar-refractivity contribution in [2.45, 2.75) is 0 Å². The van der Waals surface area contributed by atoms with Gasteiger partial charge < -0.3 is 4.57 Å². The molecule has 0 unspecified atom stereocenters. The molecule has 0 aliphatic heterocycles. The molecule has 2 heterocycles. The van der Waals surface area contributed by atoms with Gasteiger partial charge in [-0.3, -0.25) is 4.99 Å². The number of rotatable bonds is 0. The van der Waals surface area contributed by atoms with Gasteiger partial charge in [-0.05, 0) is 0 Å². The van der Waals surface area contributed by atoms with Gasteiger partial charge in [-0.15, -0.1) is 0 Å². The van der Waals surface area contributed by atoms with Crippen LogP contribution in [0.25, 0.3) is 11.2 Å². The molecule has 0 aliphatic rings. The molecule has 0 saturated heterocycles. The summed E-state index contributed by atoms with van der Waals surface area (Å²) in [5, 5.41) is 0. The maximum atomic E-state index is 4.19. The standard InChI is InChI=1S/C8H9N5/c1-9-7-6-8(11-4-3-10-6)13(2)5-12-7/h3-5H,1-2H3. The zero-order valence-electron chi connectivity index (χ0n) is 7.47. The Hall–Kier alpha value is -1.78. The quantitative estimate of drug-likeness (QED) is 0.561. The Morgan fingerprint density at radius 2 is 2.00 bits per heavy atom. The minimum atomic E-state index is 0.626. The van der Waals surface area contributed by atoms with Gasteiger partial charge in [-0.1, -0.05) is 0 Å². The molecule has 0 radical (unpaired) electrons. The van der Waals surface area contributed by atoms with Gasteiger partial charge in [0.2, 0.25) is 0 Å². The fourth-order valence-corrected chi connectivity index (χ4v) is 1.17. The summed E-state index contributed by atoms with van der Waals surface area (Å²) in [6.45, 7) is 0. The van der Waals surface area contributed by atoms with Crippen LogP contribution in [-0.2, 0) is 7.05 Å². The highest BCUT2D eigenvalue weighted by Crippen LogP contribution is 1.98. The fraction of sp³-hybridized carbons (Fsp3) is 0.250. The highest BCUT2D eigenvalue weighted by atomic mass is 15.1. The molecule has 2 aromatic rings. The van der Waals surface area contributed by atoms with Crippen LogP contribution in [-0.4, -0.2) is 26.6 Å². The molecule has 0 aromatic carbocycles. The first-order valence-corrected chi connectivity index (χ1v) is 3.88. The van der Waals surface area contributed by atoms with E-state index < -0.39 is 0 Å². The van der Waals surface area contributed by atoms with Gasteiger partial charge in [0.05, 0.1) is 6.33 Å². The third-order valence-corrected chi connectivity index (χ3v) is 1.79. The van der Waals surface area contributed by atoms with Crippen molar-refractivity contribution in [3.8, 4) is 0 Å². The van der Waals surface area contributed by atoms with Crippen molar-refractivity contribution in [3.63, 3.8) is 0 Å². The SMILES string of the molecule is CN=c1ncn(C)c2nccnc12. The molecular formula is C8H9N5. The van der Waals surface area contributed by atoms with Crippen LogP contribution in [0, 0.1) is 0 Å². The van der Waals surface area contributed by atoms with Crippen molar-refractivity contribution in [2.24, 2.45) is 12.0 Å². The lowest BCUT2D eigenvalue weighted by Gasteiger charge is -2.01. The van der Waals surface area contributed by atoms with Crippen molar-refractivity contribution < 1.29 is 0 Å². The second kappa shape index (κ2) is 2.93. The van der Waals surface area contributed by atoms with Crippen LogP contribution in [0.1, 0.15) is 0 Å². The highest BCUT2D eigenvalue weighted by Gasteiger charge is 1.99. The van der Waals surface area contributed by atoms with Gasteiger partial charge in [0, 0.05) is 26.5 Å². The largest absolute Gasteiger partial charge is 0.318 e. The normalized spacial score (nSPS) is 12.3. The molecule has 0 saturated carbocycles. The Kier molecular flexibility index (Phi) is 1.77. The molecule has 0 fully saturated rings. The molecule has 66 valence electrons. The first kappa shape index (κ1) is 7.85. The van der Waals surface area contributed by atoms with Crippen molar-refractivity contribution in [1.82, 2.24) is 19.5 Å². The predicted molar refractivity (Wildman–Crippen MR) is 47.8 cm³/mol. The first-order valence-electron chi connectivity index (χ1n) is 3.88. The summed E-state index contributed by atoms with van der Waals surface area (Å²) in [4.78, 5) is 16.5. The number of fused-ring (bicyclic) bond motifs is 1. The van der Waals surface area contributed by atoms with Crippen molar-refractivity contribution in [2.75, 3.05) is 7.05 Å². The molecule has 0 spiro atoms. The van der Waals surface area contributed by atoms with E-state index in [1.165, 1.54) is 0 Å². The summed E-state index contributed by atoms with van der Waals surface area (Å²) in [6.07, 6.45) is 4.97. The van der Waals surface area contributed by atoms with E-state index in [-0.39, 0.29) is 0 Å². The van der Waals surface area contributed by atoms with Gasteiger partial charge >= 0.3 is 0 Å². The highest BCUT2D eigenvalue weighted by molar-refractivity contribution is 5.67. The fourth-order valence-electron chi connectivity index (χ4n) is 1.17. The molecular weight excluding hydrogens is 166 g/mol. The smallest absolute Gasteiger partial charge is 0.178 e. The Morgan fingerprint density at radius 1 is 1.23 bits per heavy atom. The Morgan fingerprint density at radius 3 is 2.77 bits per heavy atom. The summed E-state index contributed by atoms with van der Waals surface area (Å²) in [5.41, 5.74) is 2.15. The van der Waals surface area contributed by atoms with Crippen LogP contribution in [0.3, 0.4) is 0 Å². The maximum absolute atomic E-state index is 4.19. The zero-order valence-corrected chi connectivity index (χ0v) is 7.47. The monoisotopic (exact) mass is 175 g/mol. The first-order chi connectivity index (χ1) is 6.33. The van der Waals surface area contributed by atoms with E-state index in [0.717, 1.165) is 11.2 Å². The number of aryl methyl sites for hydroxylation is 1. The number of hydrogen-bond donors (Lipinski definition) is 0. The number of nitrogens with zero attached hydrogens (tertiary/aromatic N) is 5. The van der Waals surface area contributed by atoms with E-state index in [1.54, 1.807) is 25.8 Å². The molecule has 2 rings (SSSR count). The van der Waals surface area contributed by atoms with Crippen molar-refractivity contribution in [1.29, 1.82) is 0 Å². The van der Waals surface area contributed by atoms with E-state index in [1.807, 2.05) is 11.6 Å². The molecule has 5 nitrogen and oxygen atoms in total. The summed E-state index contributed by atoms with van der Waals surface area (Å²) in [6, 6.07) is 0. The second-order valence-electron chi connectivity index (χ2n) is 2.63. The maximum Gasteiger partial charge on any atom is 0.178 e. The molecule has 0 amide bonds. The molecule has 5 heteroatoms. The summed E-state index contributed by atoms with van der Waals surface area (Å²) < 4.78 is 1.82. The average Bonchev–Trinajstić information content (AvgIpc) is 2.19. The summed E-state index contributed by atoms with van der Waals surface area (Å²) in [5.74, 6) is 0. The van der Waals surface area contributed by atoms with Gasteiger partial charge in [-0.25, -0.2) is 15.0 Å². The molecule has 0 atom stereocenters. The minimum absolute atomic E-state index is 0.626. The topological polar surface area (TPSA) is 56.0 Å². The van der Waals surface area contributed by atoms with E-state index >= 15 is 0 Å². The van der Waals surface area contributed by atoms with Gasteiger partial charge in [-0.2, -0.15) is 0 Å². The van der Waals surface area contributed by atoms with Crippen LogP contribution < -0.4 is 5.49 Å². The molecule has 0 aliphatic carbocycles. The van der Waals surface area contributed by atoms with Crippen LogP contribution in [0.15, 0.2) is 23.7 Å². The van der Waals surface area contributed by atoms with Crippen molar-refractivity contribution in [3.05, 3.63) is 24.2 Å². The molecule has 0 N–H and O–H groups in total. The molecule has 0 bridgehead atoms.